The molecule has 1 aliphatic rings. The van der Waals surface area contributed by atoms with Crippen molar-refractivity contribution in [1.82, 2.24) is 0 Å². The second-order valence-electron chi connectivity index (χ2n) is 4.10. The minimum atomic E-state index is 0.235. The van der Waals surface area contributed by atoms with E-state index in [1.54, 1.807) is 0 Å². The van der Waals surface area contributed by atoms with Crippen LogP contribution in [0.1, 0.15) is 45.4 Å². The average molecular weight is 181 g/mol. The van der Waals surface area contributed by atoms with E-state index >= 15 is 0 Å². The highest BCUT2D eigenvalue weighted by atomic mass is 16.1. The summed E-state index contributed by atoms with van der Waals surface area (Å²) < 4.78 is 0. The molecule has 0 aromatic carbocycles. The highest BCUT2D eigenvalue weighted by Gasteiger charge is 2.29. The smallest absolute Gasteiger partial charge is 0.120 e. The lowest BCUT2D eigenvalue weighted by Crippen LogP contribution is -2.25. The van der Waals surface area contributed by atoms with E-state index < -0.39 is 0 Å². The van der Waals surface area contributed by atoms with Gasteiger partial charge in [0.05, 0.1) is 0 Å². The van der Waals surface area contributed by atoms with Gasteiger partial charge in [-0.05, 0) is 31.1 Å². The number of hydrogen-bond acceptors (Lipinski definition) is 2. The van der Waals surface area contributed by atoms with Gasteiger partial charge in [-0.25, -0.2) is 0 Å². The Bertz CT molecular complexity index is 210. The Kier molecular flexibility index (Phi) is 3.52. The van der Waals surface area contributed by atoms with Crippen LogP contribution in [-0.2, 0) is 4.79 Å². The Balaban J connectivity index is 2.63. The van der Waals surface area contributed by atoms with Crippen molar-refractivity contribution in [2.75, 3.05) is 0 Å². The summed E-state index contributed by atoms with van der Waals surface area (Å²) in [6, 6.07) is 0. The van der Waals surface area contributed by atoms with Crippen molar-refractivity contribution in [2.45, 2.75) is 45.4 Å². The molecule has 0 aliphatic heterocycles. The molecule has 13 heavy (non-hydrogen) atoms. The number of aldehydes is 1. The molecule has 0 aromatic heterocycles. The standard InChI is InChI=1S/C11H19NO/c1-2-5-11(8-9-13)6-3-10(12)4-7-11/h3,9H,2,4-8,12H2,1H3. The van der Waals surface area contributed by atoms with Crippen LogP contribution in [0.25, 0.3) is 0 Å². The Morgan fingerprint density at radius 2 is 2.46 bits per heavy atom. The monoisotopic (exact) mass is 181 g/mol. The Morgan fingerprint density at radius 1 is 1.69 bits per heavy atom. The zero-order chi connectivity index (χ0) is 9.73. The second kappa shape index (κ2) is 4.45. The topological polar surface area (TPSA) is 43.1 Å². The number of carbonyl (C=O) groups excluding carboxylic acids is 1. The highest BCUT2D eigenvalue weighted by molar-refractivity contribution is 5.51. The molecule has 2 nitrogen and oxygen atoms in total. The summed E-state index contributed by atoms with van der Waals surface area (Å²) in [6.45, 7) is 2.17. The molecule has 1 atom stereocenters. The van der Waals surface area contributed by atoms with Crippen molar-refractivity contribution < 1.29 is 4.79 Å². The van der Waals surface area contributed by atoms with Gasteiger partial charge in [0.25, 0.3) is 0 Å². The molecule has 1 rings (SSSR count). The molecule has 1 aliphatic carbocycles. The summed E-state index contributed by atoms with van der Waals surface area (Å²) in [7, 11) is 0. The quantitative estimate of drug-likeness (QED) is 0.677. The third kappa shape index (κ3) is 2.58. The third-order valence-electron chi connectivity index (χ3n) is 3.04. The molecule has 1 unspecified atom stereocenters. The van der Waals surface area contributed by atoms with Gasteiger partial charge < -0.3 is 10.5 Å². The number of rotatable bonds is 4. The molecule has 2 N–H and O–H groups in total. The summed E-state index contributed by atoms with van der Waals surface area (Å²) >= 11 is 0. The summed E-state index contributed by atoms with van der Waals surface area (Å²) in [6.07, 6.45) is 9.20. The Morgan fingerprint density at radius 3 is 2.92 bits per heavy atom. The molecular formula is C11H19NO. The maximum atomic E-state index is 10.6. The first-order valence-electron chi connectivity index (χ1n) is 5.10. The zero-order valence-electron chi connectivity index (χ0n) is 8.38. The van der Waals surface area contributed by atoms with Gasteiger partial charge in [-0.2, -0.15) is 0 Å². The molecule has 0 saturated carbocycles. The first kappa shape index (κ1) is 10.3. The average Bonchev–Trinajstić information content (AvgIpc) is 2.11. The van der Waals surface area contributed by atoms with E-state index in [-0.39, 0.29) is 5.41 Å². The zero-order valence-corrected chi connectivity index (χ0v) is 8.38. The number of allylic oxidation sites excluding steroid dienone is 2. The SMILES string of the molecule is CCCC1(CC=O)CC=C(N)CC1. The molecular weight excluding hydrogens is 162 g/mol. The minimum absolute atomic E-state index is 0.235. The van der Waals surface area contributed by atoms with E-state index in [9.17, 15) is 4.79 Å². The largest absolute Gasteiger partial charge is 0.402 e. The van der Waals surface area contributed by atoms with Gasteiger partial charge in [-0.15, -0.1) is 0 Å². The fourth-order valence-corrected chi connectivity index (χ4v) is 2.18. The molecule has 0 aromatic rings. The second-order valence-corrected chi connectivity index (χ2v) is 4.10. The van der Waals surface area contributed by atoms with Crippen molar-refractivity contribution >= 4 is 6.29 Å². The molecule has 74 valence electrons. The van der Waals surface area contributed by atoms with Crippen molar-refractivity contribution in [1.29, 1.82) is 0 Å². The predicted octanol–water partition coefficient (Wildman–Crippen LogP) is 2.39. The predicted molar refractivity (Wildman–Crippen MR) is 54.1 cm³/mol. The maximum absolute atomic E-state index is 10.6. The van der Waals surface area contributed by atoms with Crippen molar-refractivity contribution in [3.63, 3.8) is 0 Å². The van der Waals surface area contributed by atoms with Crippen molar-refractivity contribution in [3.8, 4) is 0 Å². The molecule has 0 radical (unpaired) electrons. The van der Waals surface area contributed by atoms with Gasteiger partial charge in [0.15, 0.2) is 0 Å². The third-order valence-corrected chi connectivity index (χ3v) is 3.04. The van der Waals surface area contributed by atoms with Crippen LogP contribution in [-0.4, -0.2) is 6.29 Å². The van der Waals surface area contributed by atoms with Gasteiger partial charge in [-0.1, -0.05) is 19.4 Å². The van der Waals surface area contributed by atoms with Crippen LogP contribution in [0.5, 0.6) is 0 Å². The fourth-order valence-electron chi connectivity index (χ4n) is 2.18. The minimum Gasteiger partial charge on any atom is -0.402 e. The molecule has 0 amide bonds. The van der Waals surface area contributed by atoms with Gasteiger partial charge >= 0.3 is 0 Å². The van der Waals surface area contributed by atoms with Crippen LogP contribution in [0.15, 0.2) is 11.8 Å². The number of hydrogen-bond donors (Lipinski definition) is 1. The Labute approximate surface area is 80.2 Å². The summed E-state index contributed by atoms with van der Waals surface area (Å²) in [4.78, 5) is 10.6. The van der Waals surface area contributed by atoms with Crippen LogP contribution in [0.4, 0.5) is 0 Å². The van der Waals surface area contributed by atoms with Crippen LogP contribution in [0.3, 0.4) is 0 Å². The maximum Gasteiger partial charge on any atom is 0.120 e. The number of nitrogens with two attached hydrogens (primary N) is 1. The lowest BCUT2D eigenvalue weighted by Gasteiger charge is -2.34. The van der Waals surface area contributed by atoms with Crippen molar-refractivity contribution in [2.24, 2.45) is 11.1 Å². The van der Waals surface area contributed by atoms with E-state index in [0.29, 0.717) is 6.42 Å². The van der Waals surface area contributed by atoms with E-state index in [0.717, 1.165) is 44.1 Å². The van der Waals surface area contributed by atoms with E-state index in [1.165, 1.54) is 0 Å². The van der Waals surface area contributed by atoms with Gasteiger partial charge in [0.2, 0.25) is 0 Å². The molecule has 0 spiro atoms. The van der Waals surface area contributed by atoms with Crippen LogP contribution in [0.2, 0.25) is 0 Å². The molecule has 0 fully saturated rings. The van der Waals surface area contributed by atoms with E-state index in [4.69, 9.17) is 5.73 Å². The summed E-state index contributed by atoms with van der Waals surface area (Å²) in [5.41, 5.74) is 6.95. The van der Waals surface area contributed by atoms with Crippen LogP contribution >= 0.6 is 0 Å². The van der Waals surface area contributed by atoms with Gasteiger partial charge in [-0.3, -0.25) is 0 Å². The lowest BCUT2D eigenvalue weighted by molar-refractivity contribution is -0.110. The molecule has 0 heterocycles. The Hall–Kier alpha value is -0.790. The van der Waals surface area contributed by atoms with Gasteiger partial charge in [0.1, 0.15) is 6.29 Å². The molecule has 0 saturated heterocycles. The van der Waals surface area contributed by atoms with Crippen LogP contribution in [0, 0.1) is 5.41 Å². The number of carbonyl (C=O) groups is 1. The summed E-state index contributed by atoms with van der Waals surface area (Å²) in [5, 5.41) is 0. The molecule has 2 heteroatoms. The normalized spacial score (nSPS) is 28.2. The molecule has 0 bridgehead atoms. The van der Waals surface area contributed by atoms with Crippen molar-refractivity contribution in [3.05, 3.63) is 11.8 Å². The lowest BCUT2D eigenvalue weighted by atomic mass is 9.71. The first-order chi connectivity index (χ1) is 6.22. The van der Waals surface area contributed by atoms with E-state index in [2.05, 4.69) is 13.0 Å². The van der Waals surface area contributed by atoms with E-state index in [1.807, 2.05) is 0 Å². The highest BCUT2D eigenvalue weighted by Crippen LogP contribution is 2.40. The fraction of sp³-hybridized carbons (Fsp3) is 0.727. The van der Waals surface area contributed by atoms with Crippen LogP contribution < -0.4 is 5.73 Å². The summed E-state index contributed by atoms with van der Waals surface area (Å²) in [5.74, 6) is 0. The first-order valence-corrected chi connectivity index (χ1v) is 5.10. The van der Waals surface area contributed by atoms with Gasteiger partial charge in [0, 0.05) is 12.1 Å².